The van der Waals surface area contributed by atoms with Crippen molar-refractivity contribution in [2.24, 2.45) is 0 Å². The van der Waals surface area contributed by atoms with Crippen LogP contribution in [0.25, 0.3) is 0 Å². The van der Waals surface area contributed by atoms with Gasteiger partial charge in [-0.3, -0.25) is 14.5 Å². The number of carbonyl (C=O) groups is 3. The van der Waals surface area contributed by atoms with E-state index in [2.05, 4.69) is 4.74 Å². The molecule has 0 aromatic heterocycles. The minimum Gasteiger partial charge on any atom is -0.428 e. The van der Waals surface area contributed by atoms with Crippen molar-refractivity contribution < 1.29 is 23.9 Å². The lowest BCUT2D eigenvalue weighted by atomic mass is 10.2. The lowest BCUT2D eigenvalue weighted by molar-refractivity contribution is -0.166. The van der Waals surface area contributed by atoms with Crippen LogP contribution in [-0.2, 0) is 23.9 Å². The van der Waals surface area contributed by atoms with Crippen LogP contribution in [-0.4, -0.2) is 34.9 Å². The fourth-order valence-electron chi connectivity index (χ4n) is 1.33. The third-order valence-corrected chi connectivity index (χ3v) is 4.47. The number of nitrogens with zero attached hydrogens (tertiary/aromatic N) is 1. The van der Waals surface area contributed by atoms with Crippen molar-refractivity contribution in [3.63, 3.8) is 0 Å². The van der Waals surface area contributed by atoms with Crippen LogP contribution in [0.2, 0.25) is 0 Å². The lowest BCUT2D eigenvalue weighted by Gasteiger charge is -2.41. The van der Waals surface area contributed by atoms with Crippen molar-refractivity contribution in [2.75, 3.05) is 6.79 Å². The molecule has 0 aromatic rings. The Kier molecular flexibility index (Phi) is 3.63. The first-order valence-corrected chi connectivity index (χ1v) is 7.02. The molecule has 0 unspecified atom stereocenters. The monoisotopic (exact) mass is 275 g/mol. The van der Waals surface area contributed by atoms with E-state index < -0.39 is 18.7 Å². The number of hydrogen-bond acceptors (Lipinski definition) is 7. The maximum absolute atomic E-state index is 11.6. The number of carbonyl (C=O) groups excluding carboxylic acids is 3. The first-order valence-electron chi connectivity index (χ1n) is 4.74. The van der Waals surface area contributed by atoms with Crippen LogP contribution in [0, 0.1) is 0 Å². The highest BCUT2D eigenvalue weighted by Crippen LogP contribution is 2.45. The zero-order chi connectivity index (χ0) is 12.4. The Balaban J connectivity index is 1.92. The summed E-state index contributed by atoms with van der Waals surface area (Å²) in [6, 6.07) is 0. The van der Waals surface area contributed by atoms with Gasteiger partial charge in [-0.2, -0.15) is 0 Å². The summed E-state index contributed by atoms with van der Waals surface area (Å²) in [5.41, 5.74) is 0.210. The Morgan fingerprint density at radius 2 is 2.29 bits per heavy atom. The molecule has 0 N–H and O–H groups in total. The van der Waals surface area contributed by atoms with Gasteiger partial charge in [0.2, 0.25) is 12.7 Å². The molecule has 17 heavy (non-hydrogen) atoms. The largest absolute Gasteiger partial charge is 0.428 e. The molecule has 0 aliphatic carbocycles. The molecule has 2 aliphatic heterocycles. The molecule has 1 amide bonds. The molecule has 1 fully saturated rings. The quantitative estimate of drug-likeness (QED) is 0.327. The minimum atomic E-state index is -0.655. The molecule has 1 atom stereocenters. The third kappa shape index (κ3) is 2.58. The van der Waals surface area contributed by atoms with Gasteiger partial charge < -0.3 is 9.47 Å². The van der Waals surface area contributed by atoms with E-state index in [-0.39, 0.29) is 17.0 Å². The predicted molar refractivity (Wildman–Crippen MR) is 61.2 cm³/mol. The van der Waals surface area contributed by atoms with Crippen molar-refractivity contribution in [2.45, 2.75) is 18.7 Å². The number of ether oxygens (including phenoxy) is 2. The minimum absolute atomic E-state index is 0.00813. The summed E-state index contributed by atoms with van der Waals surface area (Å²) in [6.45, 7) is 0.783. The van der Waals surface area contributed by atoms with Crippen molar-refractivity contribution in [3.05, 3.63) is 11.1 Å². The van der Waals surface area contributed by atoms with E-state index in [9.17, 15) is 14.4 Å². The Morgan fingerprint density at radius 3 is 2.94 bits per heavy atom. The van der Waals surface area contributed by atoms with Gasteiger partial charge in [-0.05, 0) is 0 Å². The summed E-state index contributed by atoms with van der Waals surface area (Å²) < 4.78 is 9.21. The molecule has 0 radical (unpaired) electrons. The van der Waals surface area contributed by atoms with Gasteiger partial charge in [0.05, 0.1) is 6.42 Å². The summed E-state index contributed by atoms with van der Waals surface area (Å²) in [7, 11) is 2.91. The highest BCUT2D eigenvalue weighted by Gasteiger charge is 2.44. The lowest BCUT2D eigenvalue weighted by Crippen LogP contribution is -2.52. The van der Waals surface area contributed by atoms with Crippen LogP contribution in [0.15, 0.2) is 11.1 Å². The molecule has 0 spiro atoms. The van der Waals surface area contributed by atoms with E-state index in [1.807, 2.05) is 0 Å². The first-order chi connectivity index (χ1) is 8.09. The topological polar surface area (TPSA) is 72.9 Å². The smallest absolute Gasteiger partial charge is 0.358 e. The van der Waals surface area contributed by atoms with Crippen LogP contribution >= 0.6 is 21.6 Å². The van der Waals surface area contributed by atoms with Gasteiger partial charge in [-0.25, -0.2) is 4.79 Å². The predicted octanol–water partition coefficient (Wildman–Crippen LogP) is 0.845. The highest BCUT2D eigenvalue weighted by molar-refractivity contribution is 8.78. The second-order valence-corrected chi connectivity index (χ2v) is 5.62. The molecule has 0 saturated carbocycles. The third-order valence-electron chi connectivity index (χ3n) is 2.15. The average Bonchev–Trinajstić information content (AvgIpc) is 2.26. The normalized spacial score (nSPS) is 22.2. The van der Waals surface area contributed by atoms with Crippen LogP contribution in [0.4, 0.5) is 0 Å². The molecule has 2 heterocycles. The number of hydrogen-bond donors (Lipinski definition) is 0. The van der Waals surface area contributed by atoms with E-state index in [1.165, 1.54) is 33.4 Å². The van der Waals surface area contributed by atoms with E-state index in [1.54, 1.807) is 5.41 Å². The zero-order valence-corrected chi connectivity index (χ0v) is 10.5. The number of β-lactam (4-membered cyclic amide) rings is 1. The molecule has 6 nitrogen and oxygen atoms in total. The Labute approximate surface area is 105 Å². The SMILES string of the molecule is CC(=O)OCOC(=O)C1=CSS[C@@H]2CC(=O)N12. The van der Waals surface area contributed by atoms with E-state index in [0.29, 0.717) is 6.42 Å². The second kappa shape index (κ2) is 5.01. The van der Waals surface area contributed by atoms with Crippen molar-refractivity contribution in [1.29, 1.82) is 0 Å². The summed E-state index contributed by atoms with van der Waals surface area (Å²) in [6.07, 6.45) is 0.437. The summed E-state index contributed by atoms with van der Waals surface area (Å²) in [4.78, 5) is 34.8. The standard InChI is InChI=1S/C9H9NO5S2/c1-5(11)14-4-15-9(13)6-3-16-17-8-2-7(12)10(6)8/h3,8H,2,4H2,1H3/t8-/m1/s1. The molecule has 1 saturated heterocycles. The molecule has 0 bridgehead atoms. The van der Waals surface area contributed by atoms with Crippen LogP contribution in [0.3, 0.4) is 0 Å². The van der Waals surface area contributed by atoms with E-state index in [0.717, 1.165) is 0 Å². The molecule has 0 aromatic carbocycles. The Bertz CT molecular complexity index is 408. The van der Waals surface area contributed by atoms with Gasteiger partial charge in [0, 0.05) is 12.3 Å². The van der Waals surface area contributed by atoms with Gasteiger partial charge in [0.25, 0.3) is 0 Å². The number of rotatable bonds is 3. The van der Waals surface area contributed by atoms with Gasteiger partial charge in [-0.1, -0.05) is 21.6 Å². The van der Waals surface area contributed by atoms with Crippen LogP contribution in [0.5, 0.6) is 0 Å². The maximum Gasteiger partial charge on any atom is 0.358 e. The molecule has 92 valence electrons. The fraction of sp³-hybridized carbons (Fsp3) is 0.444. The average molecular weight is 275 g/mol. The second-order valence-electron chi connectivity index (χ2n) is 3.30. The number of fused-ring (bicyclic) bond motifs is 1. The van der Waals surface area contributed by atoms with Gasteiger partial charge in [-0.15, -0.1) is 0 Å². The van der Waals surface area contributed by atoms with E-state index in [4.69, 9.17) is 4.74 Å². The molecule has 2 aliphatic rings. The summed E-state index contributed by atoms with van der Waals surface area (Å²) in [5, 5.41) is 1.57. The molecule has 2 rings (SSSR count). The number of amides is 1. The zero-order valence-electron chi connectivity index (χ0n) is 8.87. The molecular weight excluding hydrogens is 266 g/mol. The first kappa shape index (κ1) is 12.3. The van der Waals surface area contributed by atoms with Gasteiger partial charge in [0.15, 0.2) is 0 Å². The van der Waals surface area contributed by atoms with Crippen molar-refractivity contribution in [3.8, 4) is 0 Å². The highest BCUT2D eigenvalue weighted by atomic mass is 33.1. The van der Waals surface area contributed by atoms with Crippen molar-refractivity contribution >= 4 is 39.4 Å². The molecular formula is C9H9NO5S2. The van der Waals surface area contributed by atoms with E-state index >= 15 is 0 Å². The number of esters is 2. The summed E-state index contributed by atoms with van der Waals surface area (Å²) >= 11 is 0. The fourth-order valence-corrected chi connectivity index (χ4v) is 3.63. The Morgan fingerprint density at radius 1 is 1.53 bits per heavy atom. The summed E-state index contributed by atoms with van der Waals surface area (Å²) in [5.74, 6) is -1.28. The van der Waals surface area contributed by atoms with Crippen molar-refractivity contribution in [1.82, 2.24) is 4.90 Å². The maximum atomic E-state index is 11.6. The van der Waals surface area contributed by atoms with Crippen LogP contribution < -0.4 is 0 Å². The van der Waals surface area contributed by atoms with Gasteiger partial charge in [0.1, 0.15) is 11.1 Å². The van der Waals surface area contributed by atoms with Crippen LogP contribution in [0.1, 0.15) is 13.3 Å². The Hall–Kier alpha value is -1.15. The van der Waals surface area contributed by atoms with Gasteiger partial charge >= 0.3 is 11.9 Å². The molecule has 8 heteroatoms.